The fourth-order valence-electron chi connectivity index (χ4n) is 2.01. The van der Waals surface area contributed by atoms with Crippen molar-refractivity contribution in [2.75, 3.05) is 12.8 Å². The van der Waals surface area contributed by atoms with Crippen LogP contribution in [0, 0.1) is 6.92 Å². The summed E-state index contributed by atoms with van der Waals surface area (Å²) in [6.07, 6.45) is 0. The summed E-state index contributed by atoms with van der Waals surface area (Å²) in [6.45, 7) is 6.22. The van der Waals surface area contributed by atoms with Gasteiger partial charge in [0.2, 0.25) is 5.95 Å². The Morgan fingerprint density at radius 3 is 2.47 bits per heavy atom. The predicted molar refractivity (Wildman–Crippen MR) is 77.3 cm³/mol. The lowest BCUT2D eigenvalue weighted by atomic mass is 9.98. The molecule has 1 aromatic carbocycles. The molecule has 0 unspecified atom stereocenters. The van der Waals surface area contributed by atoms with Crippen molar-refractivity contribution in [3.63, 3.8) is 0 Å². The first-order valence-corrected chi connectivity index (χ1v) is 6.30. The highest BCUT2D eigenvalue weighted by Crippen LogP contribution is 2.32. The number of nitrogens with two attached hydrogens (primary N) is 1. The second-order valence-electron chi connectivity index (χ2n) is 4.87. The molecule has 0 saturated heterocycles. The van der Waals surface area contributed by atoms with Gasteiger partial charge in [-0.05, 0) is 36.6 Å². The maximum absolute atomic E-state index is 5.72. The molecule has 0 aliphatic heterocycles. The van der Waals surface area contributed by atoms with Gasteiger partial charge in [0.15, 0.2) is 0 Å². The van der Waals surface area contributed by atoms with E-state index in [9.17, 15) is 0 Å². The molecular weight excluding hydrogens is 238 g/mol. The van der Waals surface area contributed by atoms with Crippen LogP contribution in [0.4, 0.5) is 5.95 Å². The Balaban J connectivity index is 2.61. The second kappa shape index (κ2) is 5.26. The van der Waals surface area contributed by atoms with E-state index in [0.29, 0.717) is 5.92 Å². The molecule has 0 spiro atoms. The Bertz CT molecular complexity index is 574. The van der Waals surface area contributed by atoms with Gasteiger partial charge in [0.05, 0.1) is 12.8 Å². The number of aryl methyl sites for hydroxylation is 1. The third kappa shape index (κ3) is 2.84. The maximum Gasteiger partial charge on any atom is 0.220 e. The molecule has 0 aliphatic carbocycles. The molecule has 1 aromatic heterocycles. The van der Waals surface area contributed by atoms with Crippen LogP contribution in [0.3, 0.4) is 0 Å². The van der Waals surface area contributed by atoms with Crippen LogP contribution >= 0.6 is 0 Å². The Hall–Kier alpha value is -2.10. The first-order chi connectivity index (χ1) is 9.01. The number of rotatable bonds is 3. The number of anilines is 1. The van der Waals surface area contributed by atoms with Crippen molar-refractivity contribution >= 4 is 5.95 Å². The number of benzene rings is 1. The molecule has 0 fully saturated rings. The number of nitrogen functional groups attached to an aromatic ring is 1. The molecule has 0 amide bonds. The van der Waals surface area contributed by atoms with E-state index in [1.165, 1.54) is 5.56 Å². The maximum atomic E-state index is 5.72. The summed E-state index contributed by atoms with van der Waals surface area (Å²) in [4.78, 5) is 8.40. The minimum atomic E-state index is 0.284. The summed E-state index contributed by atoms with van der Waals surface area (Å²) in [5.74, 6) is 1.53. The van der Waals surface area contributed by atoms with Crippen molar-refractivity contribution in [1.82, 2.24) is 9.97 Å². The minimum Gasteiger partial charge on any atom is -0.496 e. The van der Waals surface area contributed by atoms with Crippen molar-refractivity contribution in [2.45, 2.75) is 26.7 Å². The van der Waals surface area contributed by atoms with Gasteiger partial charge in [-0.25, -0.2) is 9.97 Å². The van der Waals surface area contributed by atoms with Gasteiger partial charge in [0, 0.05) is 11.3 Å². The van der Waals surface area contributed by atoms with Gasteiger partial charge in [-0.1, -0.05) is 19.9 Å². The van der Waals surface area contributed by atoms with E-state index in [4.69, 9.17) is 10.5 Å². The average molecular weight is 257 g/mol. The number of nitrogens with zero attached hydrogens (tertiary/aromatic N) is 2. The Morgan fingerprint density at radius 2 is 1.89 bits per heavy atom. The molecule has 4 nitrogen and oxygen atoms in total. The monoisotopic (exact) mass is 257 g/mol. The first-order valence-electron chi connectivity index (χ1n) is 6.30. The minimum absolute atomic E-state index is 0.284. The number of ether oxygens (including phenoxy) is 1. The second-order valence-corrected chi connectivity index (χ2v) is 4.87. The number of aromatic nitrogens is 2. The molecule has 2 N–H and O–H groups in total. The normalized spacial score (nSPS) is 10.8. The highest BCUT2D eigenvalue weighted by molar-refractivity contribution is 5.69. The summed E-state index contributed by atoms with van der Waals surface area (Å²) >= 11 is 0. The largest absolute Gasteiger partial charge is 0.496 e. The zero-order chi connectivity index (χ0) is 14.0. The molecule has 0 radical (unpaired) electrons. The number of hydrogen-bond donors (Lipinski definition) is 1. The van der Waals surface area contributed by atoms with Gasteiger partial charge in [-0.2, -0.15) is 0 Å². The fourth-order valence-corrected chi connectivity index (χ4v) is 2.01. The van der Waals surface area contributed by atoms with Gasteiger partial charge in [-0.3, -0.25) is 0 Å². The molecule has 0 saturated carbocycles. The molecule has 0 aliphatic rings. The van der Waals surface area contributed by atoms with Crippen LogP contribution in [-0.2, 0) is 0 Å². The summed E-state index contributed by atoms with van der Waals surface area (Å²) in [5.41, 5.74) is 9.56. The topological polar surface area (TPSA) is 61.0 Å². The van der Waals surface area contributed by atoms with Crippen molar-refractivity contribution in [2.24, 2.45) is 0 Å². The van der Waals surface area contributed by atoms with Crippen molar-refractivity contribution in [3.05, 3.63) is 35.5 Å². The lowest BCUT2D eigenvalue weighted by Gasteiger charge is -2.13. The lowest BCUT2D eigenvalue weighted by molar-refractivity contribution is 0.416. The SMILES string of the molecule is COc1ccc(C(C)C)cc1-c1cc(C)nc(N)n1. The standard InChI is InChI=1S/C15H19N3O/c1-9(2)11-5-6-14(19-4)12(8-11)13-7-10(3)17-15(16)18-13/h5-9H,1-4H3,(H2,16,17,18). The van der Waals surface area contributed by atoms with Crippen LogP contribution in [0.2, 0.25) is 0 Å². The number of hydrogen-bond acceptors (Lipinski definition) is 4. The van der Waals surface area contributed by atoms with E-state index in [0.717, 1.165) is 22.7 Å². The lowest BCUT2D eigenvalue weighted by Crippen LogP contribution is -2.00. The van der Waals surface area contributed by atoms with E-state index in [1.54, 1.807) is 7.11 Å². The molecule has 100 valence electrons. The Kier molecular flexibility index (Phi) is 3.69. The van der Waals surface area contributed by atoms with Crippen molar-refractivity contribution in [1.29, 1.82) is 0 Å². The van der Waals surface area contributed by atoms with Gasteiger partial charge in [0.1, 0.15) is 5.75 Å². The summed E-state index contributed by atoms with van der Waals surface area (Å²) in [7, 11) is 1.66. The Labute approximate surface area is 113 Å². The van der Waals surface area contributed by atoms with Crippen LogP contribution in [0.15, 0.2) is 24.3 Å². The summed E-state index contributed by atoms with van der Waals surface area (Å²) < 4.78 is 5.41. The summed E-state index contributed by atoms with van der Waals surface area (Å²) in [6, 6.07) is 8.06. The highest BCUT2D eigenvalue weighted by atomic mass is 16.5. The first kappa shape index (κ1) is 13.3. The van der Waals surface area contributed by atoms with E-state index in [1.807, 2.05) is 19.1 Å². The number of methoxy groups -OCH3 is 1. The smallest absolute Gasteiger partial charge is 0.220 e. The third-order valence-corrected chi connectivity index (χ3v) is 3.04. The van der Waals surface area contributed by atoms with Crippen LogP contribution in [-0.4, -0.2) is 17.1 Å². The van der Waals surface area contributed by atoms with Crippen LogP contribution in [0.5, 0.6) is 5.75 Å². The zero-order valence-corrected chi connectivity index (χ0v) is 11.8. The molecule has 19 heavy (non-hydrogen) atoms. The fraction of sp³-hybridized carbons (Fsp3) is 0.333. The van der Waals surface area contributed by atoms with Gasteiger partial charge in [-0.15, -0.1) is 0 Å². The van der Waals surface area contributed by atoms with Crippen LogP contribution in [0.25, 0.3) is 11.3 Å². The van der Waals surface area contributed by atoms with Crippen LogP contribution < -0.4 is 10.5 Å². The molecule has 4 heteroatoms. The van der Waals surface area contributed by atoms with Gasteiger partial charge < -0.3 is 10.5 Å². The van der Waals surface area contributed by atoms with E-state index in [-0.39, 0.29) is 5.95 Å². The molecule has 0 bridgehead atoms. The summed E-state index contributed by atoms with van der Waals surface area (Å²) in [5, 5.41) is 0. The Morgan fingerprint density at radius 1 is 1.16 bits per heavy atom. The molecule has 2 rings (SSSR count). The van der Waals surface area contributed by atoms with E-state index < -0.39 is 0 Å². The highest BCUT2D eigenvalue weighted by Gasteiger charge is 2.11. The van der Waals surface area contributed by atoms with E-state index in [2.05, 4.69) is 35.9 Å². The third-order valence-electron chi connectivity index (χ3n) is 3.04. The average Bonchev–Trinajstić information content (AvgIpc) is 2.36. The molecular formula is C15H19N3O. The molecule has 1 heterocycles. The molecule has 2 aromatic rings. The van der Waals surface area contributed by atoms with Gasteiger partial charge in [0.25, 0.3) is 0 Å². The van der Waals surface area contributed by atoms with Crippen LogP contribution in [0.1, 0.15) is 31.0 Å². The van der Waals surface area contributed by atoms with E-state index >= 15 is 0 Å². The quantitative estimate of drug-likeness (QED) is 0.917. The molecule has 0 atom stereocenters. The van der Waals surface area contributed by atoms with Crippen molar-refractivity contribution in [3.8, 4) is 17.0 Å². The van der Waals surface area contributed by atoms with Crippen molar-refractivity contribution < 1.29 is 4.74 Å². The zero-order valence-electron chi connectivity index (χ0n) is 11.8. The van der Waals surface area contributed by atoms with Gasteiger partial charge >= 0.3 is 0 Å². The predicted octanol–water partition coefficient (Wildman–Crippen LogP) is 3.17.